The fourth-order valence-corrected chi connectivity index (χ4v) is 3.08. The van der Waals surface area contributed by atoms with Gasteiger partial charge in [0.25, 0.3) is 0 Å². The van der Waals surface area contributed by atoms with E-state index in [1.54, 1.807) is 0 Å². The number of aliphatic imine (C=N–C) groups is 1. The molecular formula is C21H21N3O. The van der Waals surface area contributed by atoms with Crippen LogP contribution in [0.3, 0.4) is 0 Å². The van der Waals surface area contributed by atoms with E-state index >= 15 is 0 Å². The molecule has 0 saturated heterocycles. The van der Waals surface area contributed by atoms with E-state index in [2.05, 4.69) is 71.5 Å². The van der Waals surface area contributed by atoms with E-state index in [9.17, 15) is 0 Å². The van der Waals surface area contributed by atoms with Crippen molar-refractivity contribution < 1.29 is 4.74 Å². The van der Waals surface area contributed by atoms with Gasteiger partial charge in [-0.15, -0.1) is 0 Å². The van der Waals surface area contributed by atoms with Crippen molar-refractivity contribution in [1.82, 2.24) is 4.90 Å². The Balaban J connectivity index is 1.54. The second-order valence-corrected chi connectivity index (χ2v) is 6.44. The maximum atomic E-state index is 6.10. The molecule has 0 amide bonds. The molecule has 0 aromatic heterocycles. The van der Waals surface area contributed by atoms with Crippen LogP contribution in [0.25, 0.3) is 0 Å². The molecule has 2 aliphatic rings. The highest BCUT2D eigenvalue weighted by Crippen LogP contribution is 2.29. The van der Waals surface area contributed by atoms with E-state index < -0.39 is 0 Å². The van der Waals surface area contributed by atoms with Gasteiger partial charge in [-0.1, -0.05) is 31.2 Å². The molecule has 126 valence electrons. The summed E-state index contributed by atoms with van der Waals surface area (Å²) < 4.78 is 6.10. The first kappa shape index (κ1) is 15.5. The topological polar surface area (TPSA) is 28.1 Å². The molecule has 0 radical (unpaired) electrons. The van der Waals surface area contributed by atoms with Crippen molar-refractivity contribution in [3.63, 3.8) is 0 Å². The van der Waals surface area contributed by atoms with Crippen molar-refractivity contribution in [2.24, 2.45) is 10.9 Å². The molecule has 1 unspecified atom stereocenters. The minimum absolute atomic E-state index is 0.345. The van der Waals surface area contributed by atoms with Crippen LogP contribution in [0.4, 0.5) is 5.69 Å². The number of hydrogen-bond acceptors (Lipinski definition) is 4. The molecule has 2 aromatic carbocycles. The Bertz CT molecular complexity index is 869. The van der Waals surface area contributed by atoms with E-state index in [0.717, 1.165) is 35.1 Å². The van der Waals surface area contributed by atoms with Crippen LogP contribution in [0, 0.1) is 5.92 Å². The van der Waals surface area contributed by atoms with E-state index in [-0.39, 0.29) is 0 Å². The van der Waals surface area contributed by atoms with Gasteiger partial charge >= 0.3 is 0 Å². The van der Waals surface area contributed by atoms with Gasteiger partial charge in [0.1, 0.15) is 11.5 Å². The second kappa shape index (κ2) is 6.48. The molecule has 4 rings (SSSR count). The van der Waals surface area contributed by atoms with Gasteiger partial charge in [0, 0.05) is 48.9 Å². The summed E-state index contributed by atoms with van der Waals surface area (Å²) in [6.45, 7) is 3.00. The lowest BCUT2D eigenvalue weighted by Gasteiger charge is -2.19. The molecule has 0 aliphatic carbocycles. The van der Waals surface area contributed by atoms with Crippen molar-refractivity contribution in [3.8, 4) is 11.5 Å². The molecule has 0 N–H and O–H groups in total. The Morgan fingerprint density at radius 2 is 1.84 bits per heavy atom. The average molecular weight is 331 g/mol. The largest absolute Gasteiger partial charge is 0.457 e. The number of ether oxygens (including phenoxy) is 1. The zero-order chi connectivity index (χ0) is 17.2. The number of benzene rings is 2. The summed E-state index contributed by atoms with van der Waals surface area (Å²) in [5.74, 6) is 2.00. The minimum Gasteiger partial charge on any atom is -0.457 e. The summed E-state index contributed by atoms with van der Waals surface area (Å²) in [5, 5.41) is 0. The summed E-state index contributed by atoms with van der Waals surface area (Å²) in [5.41, 5.74) is 3.31. The lowest BCUT2D eigenvalue weighted by molar-refractivity contribution is 0.480. The number of rotatable bonds is 4. The molecule has 2 heterocycles. The van der Waals surface area contributed by atoms with Gasteiger partial charge < -0.3 is 14.5 Å². The Morgan fingerprint density at radius 3 is 2.56 bits per heavy atom. The minimum atomic E-state index is 0.345. The molecule has 2 aliphatic heterocycles. The van der Waals surface area contributed by atoms with Gasteiger partial charge in [-0.25, -0.2) is 0 Å². The standard InChI is InChI=1S/C21H21N3O/c1-16-9-10-22-21(16)17-5-3-7-19(13-17)25-20-8-4-6-18(14-20)24-12-11-23(2)15-24/h3-14,16H,15H2,1-2H3. The Kier molecular flexibility index (Phi) is 4.02. The Morgan fingerprint density at radius 1 is 1.04 bits per heavy atom. The van der Waals surface area contributed by atoms with Crippen molar-refractivity contribution in [3.05, 3.63) is 78.8 Å². The maximum absolute atomic E-state index is 6.10. The zero-order valence-electron chi connectivity index (χ0n) is 14.5. The predicted octanol–water partition coefficient (Wildman–Crippen LogP) is 4.61. The third kappa shape index (κ3) is 3.29. The van der Waals surface area contributed by atoms with E-state index in [1.165, 1.54) is 0 Å². The van der Waals surface area contributed by atoms with Crippen LogP contribution in [-0.4, -0.2) is 24.3 Å². The monoisotopic (exact) mass is 331 g/mol. The van der Waals surface area contributed by atoms with Crippen LogP contribution >= 0.6 is 0 Å². The van der Waals surface area contributed by atoms with Gasteiger partial charge in [0.2, 0.25) is 0 Å². The molecule has 0 saturated carbocycles. The van der Waals surface area contributed by atoms with Crippen LogP contribution < -0.4 is 9.64 Å². The fraction of sp³-hybridized carbons (Fsp3) is 0.190. The van der Waals surface area contributed by atoms with E-state index in [4.69, 9.17) is 4.74 Å². The number of anilines is 1. The van der Waals surface area contributed by atoms with Crippen molar-refractivity contribution in [1.29, 1.82) is 0 Å². The zero-order valence-corrected chi connectivity index (χ0v) is 14.5. The fourth-order valence-electron chi connectivity index (χ4n) is 3.08. The first-order valence-electron chi connectivity index (χ1n) is 8.47. The highest BCUT2D eigenvalue weighted by atomic mass is 16.5. The van der Waals surface area contributed by atoms with Crippen LogP contribution in [-0.2, 0) is 0 Å². The number of hydrogen-bond donors (Lipinski definition) is 0. The quantitative estimate of drug-likeness (QED) is 0.819. The molecule has 0 spiro atoms. The molecule has 25 heavy (non-hydrogen) atoms. The van der Waals surface area contributed by atoms with Gasteiger partial charge in [-0.3, -0.25) is 4.99 Å². The molecule has 0 fully saturated rings. The van der Waals surface area contributed by atoms with Gasteiger partial charge in [0.05, 0.1) is 12.4 Å². The third-order valence-electron chi connectivity index (χ3n) is 4.41. The maximum Gasteiger partial charge on any atom is 0.129 e. The first-order chi connectivity index (χ1) is 12.2. The predicted molar refractivity (Wildman–Crippen MR) is 102 cm³/mol. The van der Waals surface area contributed by atoms with Crippen LogP contribution in [0.15, 0.2) is 78.2 Å². The SMILES string of the molecule is CC1C=CN=C1c1cccc(Oc2cccc(N3C=CN(C)C3)c2)c1. The van der Waals surface area contributed by atoms with Gasteiger partial charge in [-0.2, -0.15) is 0 Å². The second-order valence-electron chi connectivity index (χ2n) is 6.44. The van der Waals surface area contributed by atoms with Gasteiger partial charge in [0.15, 0.2) is 0 Å². The molecule has 4 heteroatoms. The molecule has 1 atom stereocenters. The Hall–Kier alpha value is -3.01. The summed E-state index contributed by atoms with van der Waals surface area (Å²) in [7, 11) is 2.06. The summed E-state index contributed by atoms with van der Waals surface area (Å²) in [4.78, 5) is 8.79. The normalized spacial score (nSPS) is 18.8. The van der Waals surface area contributed by atoms with Crippen molar-refractivity contribution in [2.75, 3.05) is 18.6 Å². The molecule has 0 bridgehead atoms. The smallest absolute Gasteiger partial charge is 0.129 e. The summed E-state index contributed by atoms with van der Waals surface area (Å²) in [6.07, 6.45) is 8.12. The van der Waals surface area contributed by atoms with Gasteiger partial charge in [-0.05, 0) is 24.3 Å². The summed E-state index contributed by atoms with van der Waals surface area (Å²) >= 11 is 0. The highest BCUT2D eigenvalue weighted by Gasteiger charge is 2.15. The molecule has 2 aromatic rings. The van der Waals surface area contributed by atoms with E-state index in [0.29, 0.717) is 5.92 Å². The van der Waals surface area contributed by atoms with Crippen LogP contribution in [0.5, 0.6) is 11.5 Å². The first-order valence-corrected chi connectivity index (χ1v) is 8.47. The highest BCUT2D eigenvalue weighted by molar-refractivity contribution is 6.04. The van der Waals surface area contributed by atoms with Crippen molar-refractivity contribution in [2.45, 2.75) is 6.92 Å². The Labute approximate surface area is 148 Å². The number of allylic oxidation sites excluding steroid dienone is 1. The lowest BCUT2D eigenvalue weighted by Crippen LogP contribution is -2.21. The van der Waals surface area contributed by atoms with Crippen LogP contribution in [0.1, 0.15) is 12.5 Å². The number of nitrogens with zero attached hydrogens (tertiary/aromatic N) is 3. The third-order valence-corrected chi connectivity index (χ3v) is 4.41. The molecule has 4 nitrogen and oxygen atoms in total. The van der Waals surface area contributed by atoms with E-state index in [1.807, 2.05) is 30.5 Å². The lowest BCUT2D eigenvalue weighted by atomic mass is 10.00. The van der Waals surface area contributed by atoms with Crippen molar-refractivity contribution >= 4 is 11.4 Å². The molecular weight excluding hydrogens is 310 g/mol. The summed E-state index contributed by atoms with van der Waals surface area (Å²) in [6, 6.07) is 16.3. The average Bonchev–Trinajstić information content (AvgIpc) is 3.24. The van der Waals surface area contributed by atoms with Crippen LogP contribution in [0.2, 0.25) is 0 Å².